The minimum atomic E-state index is -0.427. The van der Waals surface area contributed by atoms with Crippen LogP contribution < -0.4 is 0 Å². The van der Waals surface area contributed by atoms with Crippen molar-refractivity contribution in [1.29, 1.82) is 0 Å². The third-order valence-electron chi connectivity index (χ3n) is 2.59. The van der Waals surface area contributed by atoms with Crippen molar-refractivity contribution in [2.75, 3.05) is 0 Å². The Bertz CT molecular complexity index is 506. The number of benzene rings is 2. The Morgan fingerprint density at radius 1 is 1.06 bits per heavy atom. The summed E-state index contributed by atoms with van der Waals surface area (Å²) in [5, 5.41) is 9.72. The highest BCUT2D eigenvalue weighted by Crippen LogP contribution is 2.33. The second-order valence-electron chi connectivity index (χ2n) is 4.13. The Hall–Kier alpha value is -1.25. The number of rotatable bonds is 3. The normalized spacial score (nSPS) is 12.4. The van der Waals surface area contributed by atoms with E-state index < -0.39 is 6.10 Å². The van der Waals surface area contributed by atoms with Gasteiger partial charge in [0.1, 0.15) is 0 Å². The molecule has 0 aliphatic rings. The summed E-state index contributed by atoms with van der Waals surface area (Å²) in [4.78, 5) is 2.33. The van der Waals surface area contributed by atoms with Crippen LogP contribution >= 0.6 is 11.8 Å². The van der Waals surface area contributed by atoms with Crippen molar-refractivity contribution in [1.82, 2.24) is 0 Å². The number of hydrogen-bond donors (Lipinski definition) is 1. The molecule has 0 aromatic heterocycles. The summed E-state index contributed by atoms with van der Waals surface area (Å²) in [6.45, 7) is 3.89. The Kier molecular flexibility index (Phi) is 3.87. The first-order valence-corrected chi connectivity index (χ1v) is 6.50. The molecular formula is C15H16OS. The molecule has 0 saturated carbocycles. The molecule has 0 aliphatic carbocycles. The number of aliphatic hydroxyl groups excluding tert-OH is 1. The van der Waals surface area contributed by atoms with E-state index in [2.05, 4.69) is 37.3 Å². The van der Waals surface area contributed by atoms with E-state index in [1.807, 2.05) is 18.2 Å². The van der Waals surface area contributed by atoms with Crippen LogP contribution in [0.5, 0.6) is 0 Å². The maximum Gasteiger partial charge on any atom is 0.0772 e. The average Bonchev–Trinajstić information content (AvgIpc) is 2.29. The quantitative estimate of drug-likeness (QED) is 0.873. The lowest BCUT2D eigenvalue weighted by Gasteiger charge is -2.11. The molecule has 1 N–H and O–H groups in total. The van der Waals surface area contributed by atoms with Gasteiger partial charge in [-0.25, -0.2) is 0 Å². The number of aryl methyl sites for hydroxylation is 1. The maximum atomic E-state index is 9.72. The van der Waals surface area contributed by atoms with Crippen LogP contribution in [0.3, 0.4) is 0 Å². The third kappa shape index (κ3) is 3.11. The summed E-state index contributed by atoms with van der Waals surface area (Å²) in [7, 11) is 0. The van der Waals surface area contributed by atoms with Gasteiger partial charge in [0.15, 0.2) is 0 Å². The van der Waals surface area contributed by atoms with Crippen LogP contribution in [0.25, 0.3) is 0 Å². The monoisotopic (exact) mass is 244 g/mol. The molecule has 2 heteroatoms. The molecule has 0 fully saturated rings. The standard InChI is InChI=1S/C15H16OS/c1-11-6-5-7-13(10-11)17-15-9-4-3-8-14(15)12(2)16/h3-10,12,16H,1-2H3/t12-/m0/s1. The van der Waals surface area contributed by atoms with Crippen LogP contribution in [0.1, 0.15) is 24.2 Å². The molecule has 0 bridgehead atoms. The molecule has 17 heavy (non-hydrogen) atoms. The van der Waals surface area contributed by atoms with Gasteiger partial charge in [0.2, 0.25) is 0 Å². The largest absolute Gasteiger partial charge is 0.389 e. The van der Waals surface area contributed by atoms with Gasteiger partial charge in [0.05, 0.1) is 6.10 Å². The molecule has 0 unspecified atom stereocenters. The van der Waals surface area contributed by atoms with E-state index in [0.717, 1.165) is 10.5 Å². The molecular weight excluding hydrogens is 228 g/mol. The molecule has 0 heterocycles. The molecule has 1 atom stereocenters. The summed E-state index contributed by atoms with van der Waals surface area (Å²) in [5.41, 5.74) is 2.24. The highest BCUT2D eigenvalue weighted by molar-refractivity contribution is 7.99. The first kappa shape index (κ1) is 12.2. The van der Waals surface area contributed by atoms with Crippen molar-refractivity contribution >= 4 is 11.8 Å². The van der Waals surface area contributed by atoms with Crippen molar-refractivity contribution in [3.8, 4) is 0 Å². The first-order chi connectivity index (χ1) is 8.16. The number of hydrogen-bond acceptors (Lipinski definition) is 2. The van der Waals surface area contributed by atoms with Gasteiger partial charge in [0.25, 0.3) is 0 Å². The van der Waals surface area contributed by atoms with Gasteiger partial charge < -0.3 is 5.11 Å². The zero-order chi connectivity index (χ0) is 12.3. The third-order valence-corrected chi connectivity index (χ3v) is 3.67. The van der Waals surface area contributed by atoms with Gasteiger partial charge in [-0.15, -0.1) is 0 Å². The van der Waals surface area contributed by atoms with E-state index in [0.29, 0.717) is 0 Å². The topological polar surface area (TPSA) is 20.2 Å². The Morgan fingerprint density at radius 2 is 1.82 bits per heavy atom. The minimum Gasteiger partial charge on any atom is -0.389 e. The fourth-order valence-corrected chi connectivity index (χ4v) is 2.87. The zero-order valence-corrected chi connectivity index (χ0v) is 10.9. The summed E-state index contributed by atoms with van der Waals surface area (Å²) >= 11 is 1.70. The van der Waals surface area contributed by atoms with Crippen LogP contribution in [0.2, 0.25) is 0 Å². The average molecular weight is 244 g/mol. The molecule has 0 spiro atoms. The second-order valence-corrected chi connectivity index (χ2v) is 5.25. The van der Waals surface area contributed by atoms with E-state index in [-0.39, 0.29) is 0 Å². The van der Waals surface area contributed by atoms with Gasteiger partial charge in [-0.3, -0.25) is 0 Å². The highest BCUT2D eigenvalue weighted by atomic mass is 32.2. The van der Waals surface area contributed by atoms with Gasteiger partial charge in [-0.05, 0) is 37.6 Å². The lowest BCUT2D eigenvalue weighted by atomic mass is 10.1. The van der Waals surface area contributed by atoms with Crippen molar-refractivity contribution < 1.29 is 5.11 Å². The molecule has 2 aromatic rings. The van der Waals surface area contributed by atoms with Gasteiger partial charge in [-0.2, -0.15) is 0 Å². The molecule has 0 saturated heterocycles. The van der Waals surface area contributed by atoms with Gasteiger partial charge in [0, 0.05) is 9.79 Å². The van der Waals surface area contributed by atoms with Crippen molar-refractivity contribution in [2.24, 2.45) is 0 Å². The van der Waals surface area contributed by atoms with Crippen LogP contribution in [0.15, 0.2) is 58.3 Å². The van der Waals surface area contributed by atoms with Crippen LogP contribution in [0, 0.1) is 6.92 Å². The smallest absolute Gasteiger partial charge is 0.0772 e. The van der Waals surface area contributed by atoms with E-state index in [9.17, 15) is 5.11 Å². The fourth-order valence-electron chi connectivity index (χ4n) is 1.72. The Labute approximate surface area is 107 Å². The SMILES string of the molecule is Cc1cccc(Sc2ccccc2[C@H](C)O)c1. The van der Waals surface area contributed by atoms with Crippen LogP contribution in [-0.4, -0.2) is 5.11 Å². The van der Waals surface area contributed by atoms with E-state index in [4.69, 9.17) is 0 Å². The van der Waals surface area contributed by atoms with Gasteiger partial charge in [-0.1, -0.05) is 47.7 Å². The molecule has 0 amide bonds. The molecule has 1 nitrogen and oxygen atoms in total. The lowest BCUT2D eigenvalue weighted by Crippen LogP contribution is -1.93. The predicted octanol–water partition coefficient (Wildman–Crippen LogP) is 4.20. The minimum absolute atomic E-state index is 0.427. The van der Waals surface area contributed by atoms with E-state index in [1.165, 1.54) is 10.5 Å². The van der Waals surface area contributed by atoms with Crippen molar-refractivity contribution in [3.05, 3.63) is 59.7 Å². The lowest BCUT2D eigenvalue weighted by molar-refractivity contribution is 0.196. The van der Waals surface area contributed by atoms with Crippen molar-refractivity contribution in [3.63, 3.8) is 0 Å². The highest BCUT2D eigenvalue weighted by Gasteiger charge is 2.08. The summed E-state index contributed by atoms with van der Waals surface area (Å²) in [6, 6.07) is 16.4. The molecule has 2 rings (SSSR count). The maximum absolute atomic E-state index is 9.72. The Balaban J connectivity index is 2.30. The number of aliphatic hydroxyl groups is 1. The Morgan fingerprint density at radius 3 is 2.53 bits per heavy atom. The van der Waals surface area contributed by atoms with E-state index in [1.54, 1.807) is 18.7 Å². The molecule has 0 aliphatic heterocycles. The molecule has 0 radical (unpaired) electrons. The fraction of sp³-hybridized carbons (Fsp3) is 0.200. The predicted molar refractivity (Wildman–Crippen MR) is 72.4 cm³/mol. The zero-order valence-electron chi connectivity index (χ0n) is 10.1. The summed E-state index contributed by atoms with van der Waals surface area (Å²) in [6.07, 6.45) is -0.427. The van der Waals surface area contributed by atoms with Crippen LogP contribution in [0.4, 0.5) is 0 Å². The second kappa shape index (κ2) is 5.39. The summed E-state index contributed by atoms with van der Waals surface area (Å²) < 4.78 is 0. The van der Waals surface area contributed by atoms with Crippen LogP contribution in [-0.2, 0) is 0 Å². The van der Waals surface area contributed by atoms with Gasteiger partial charge >= 0.3 is 0 Å². The first-order valence-electron chi connectivity index (χ1n) is 5.68. The van der Waals surface area contributed by atoms with E-state index >= 15 is 0 Å². The summed E-state index contributed by atoms with van der Waals surface area (Å²) in [5.74, 6) is 0. The molecule has 2 aromatic carbocycles. The van der Waals surface area contributed by atoms with Crippen molar-refractivity contribution in [2.45, 2.75) is 29.7 Å². The molecule has 88 valence electrons.